The lowest BCUT2D eigenvalue weighted by Crippen LogP contribution is -2.46. The maximum absolute atomic E-state index is 14.2. The van der Waals surface area contributed by atoms with Crippen LogP contribution in [-0.2, 0) is 20.9 Å². The lowest BCUT2D eigenvalue weighted by Gasteiger charge is -2.33. The summed E-state index contributed by atoms with van der Waals surface area (Å²) in [6.45, 7) is -0.423. The molecule has 0 aliphatic carbocycles. The zero-order chi connectivity index (χ0) is 31.2. The van der Waals surface area contributed by atoms with Crippen LogP contribution in [0.15, 0.2) is 97.1 Å². The molecule has 0 radical (unpaired) electrons. The molecule has 10 nitrogen and oxygen atoms in total. The van der Waals surface area contributed by atoms with E-state index in [2.05, 4.69) is 5.32 Å². The molecule has 4 aromatic rings. The molecule has 0 fully saturated rings. The number of para-hydroxylation sites is 1. The van der Waals surface area contributed by atoms with Crippen molar-refractivity contribution in [3.63, 3.8) is 0 Å². The monoisotopic (exact) mass is 593 g/mol. The maximum atomic E-state index is 14.2. The summed E-state index contributed by atoms with van der Waals surface area (Å²) in [4.78, 5) is 56.6. The summed E-state index contributed by atoms with van der Waals surface area (Å²) < 4.78 is 16.0. The third-order valence-corrected chi connectivity index (χ3v) is 7.35. The Kier molecular flexibility index (Phi) is 8.90. The molecule has 0 saturated heterocycles. The fourth-order valence-corrected chi connectivity index (χ4v) is 5.09. The number of carbonyl (C=O) groups is 4. The van der Waals surface area contributed by atoms with Crippen LogP contribution in [0.1, 0.15) is 27.5 Å². The van der Waals surface area contributed by atoms with Crippen molar-refractivity contribution in [2.75, 3.05) is 38.1 Å². The van der Waals surface area contributed by atoms with Gasteiger partial charge in [0.2, 0.25) is 5.91 Å². The molecule has 10 heteroatoms. The van der Waals surface area contributed by atoms with Crippen molar-refractivity contribution in [2.45, 2.75) is 12.6 Å². The fraction of sp³-hybridized carbons (Fsp3) is 0.176. The molecule has 0 bridgehead atoms. The van der Waals surface area contributed by atoms with Crippen LogP contribution in [0, 0.1) is 0 Å². The summed E-state index contributed by atoms with van der Waals surface area (Å²) in [6, 6.07) is 26.4. The molecule has 5 rings (SSSR count). The van der Waals surface area contributed by atoms with Gasteiger partial charge in [-0.1, -0.05) is 54.6 Å². The van der Waals surface area contributed by atoms with Crippen molar-refractivity contribution >= 4 is 34.9 Å². The highest BCUT2D eigenvalue weighted by Crippen LogP contribution is 2.33. The van der Waals surface area contributed by atoms with E-state index >= 15 is 0 Å². The quantitative estimate of drug-likeness (QED) is 0.252. The molecule has 1 heterocycles. The van der Waals surface area contributed by atoms with Gasteiger partial charge in [-0.15, -0.1) is 0 Å². The largest absolute Gasteiger partial charge is 0.497 e. The second-order valence-corrected chi connectivity index (χ2v) is 9.98. The summed E-state index contributed by atoms with van der Waals surface area (Å²) in [7, 11) is 4.56. The SMILES string of the molecule is COc1ccc(CN(C(=O)CN2C(=O)C(=O)c3ccccc32)C(C(=O)Nc2ccc(OC)cc2OC)c2ccccc2)cc1. The Morgan fingerprint density at radius 3 is 2.14 bits per heavy atom. The first kappa shape index (κ1) is 29.8. The molecule has 3 amide bonds. The van der Waals surface area contributed by atoms with Gasteiger partial charge < -0.3 is 24.4 Å². The Morgan fingerprint density at radius 1 is 0.795 bits per heavy atom. The number of nitrogens with one attached hydrogen (secondary N) is 1. The second kappa shape index (κ2) is 13.1. The van der Waals surface area contributed by atoms with Gasteiger partial charge in [-0.25, -0.2) is 0 Å². The number of hydrogen-bond donors (Lipinski definition) is 1. The Bertz CT molecular complexity index is 1690. The number of rotatable bonds is 11. The number of methoxy groups -OCH3 is 3. The van der Waals surface area contributed by atoms with Crippen LogP contribution in [0.3, 0.4) is 0 Å². The summed E-state index contributed by atoms with van der Waals surface area (Å²) in [5.41, 5.74) is 2.23. The van der Waals surface area contributed by atoms with Crippen molar-refractivity contribution in [1.82, 2.24) is 4.90 Å². The van der Waals surface area contributed by atoms with E-state index in [9.17, 15) is 19.2 Å². The van der Waals surface area contributed by atoms with Gasteiger partial charge in [0.15, 0.2) is 0 Å². The molecule has 1 unspecified atom stereocenters. The van der Waals surface area contributed by atoms with E-state index in [0.29, 0.717) is 34.2 Å². The average molecular weight is 594 g/mol. The molecule has 0 saturated carbocycles. The van der Waals surface area contributed by atoms with E-state index < -0.39 is 36.1 Å². The highest BCUT2D eigenvalue weighted by atomic mass is 16.5. The van der Waals surface area contributed by atoms with Crippen LogP contribution in [0.25, 0.3) is 0 Å². The number of hydrogen-bond acceptors (Lipinski definition) is 7. The van der Waals surface area contributed by atoms with E-state index in [4.69, 9.17) is 14.2 Å². The van der Waals surface area contributed by atoms with Crippen molar-refractivity contribution in [1.29, 1.82) is 0 Å². The van der Waals surface area contributed by atoms with E-state index in [1.165, 1.54) is 19.1 Å². The highest BCUT2D eigenvalue weighted by molar-refractivity contribution is 6.52. The molecule has 0 aromatic heterocycles. The number of ether oxygens (including phenoxy) is 3. The maximum Gasteiger partial charge on any atom is 0.299 e. The zero-order valence-electron chi connectivity index (χ0n) is 24.5. The topological polar surface area (TPSA) is 114 Å². The van der Waals surface area contributed by atoms with Crippen molar-refractivity contribution in [3.05, 3.63) is 114 Å². The Balaban J connectivity index is 1.55. The first-order valence-electron chi connectivity index (χ1n) is 13.8. The first-order valence-corrected chi connectivity index (χ1v) is 13.8. The van der Waals surface area contributed by atoms with Crippen LogP contribution >= 0.6 is 0 Å². The van der Waals surface area contributed by atoms with E-state index in [1.54, 1.807) is 98.1 Å². The number of amides is 3. The van der Waals surface area contributed by atoms with Gasteiger partial charge >= 0.3 is 0 Å². The molecule has 1 aliphatic heterocycles. The van der Waals surface area contributed by atoms with Crippen LogP contribution < -0.4 is 24.4 Å². The number of anilines is 2. The molecule has 1 N–H and O–H groups in total. The summed E-state index contributed by atoms with van der Waals surface area (Å²) >= 11 is 0. The van der Waals surface area contributed by atoms with Crippen molar-refractivity contribution < 1.29 is 33.4 Å². The van der Waals surface area contributed by atoms with Gasteiger partial charge in [-0.05, 0) is 47.5 Å². The minimum atomic E-state index is -1.12. The van der Waals surface area contributed by atoms with Crippen LogP contribution in [-0.4, -0.2) is 56.3 Å². The van der Waals surface area contributed by atoms with Gasteiger partial charge in [0.1, 0.15) is 29.8 Å². The summed E-state index contributed by atoms with van der Waals surface area (Å²) in [5, 5.41) is 2.91. The fourth-order valence-electron chi connectivity index (χ4n) is 5.09. The van der Waals surface area contributed by atoms with E-state index in [1.807, 2.05) is 6.07 Å². The van der Waals surface area contributed by atoms with Crippen LogP contribution in [0.5, 0.6) is 17.2 Å². The summed E-state index contributed by atoms with van der Waals surface area (Å²) in [5.74, 6) is -0.980. The van der Waals surface area contributed by atoms with Gasteiger partial charge in [0.25, 0.3) is 17.6 Å². The standard InChI is InChI=1S/C34H31N3O7/c1-42-24-15-13-22(14-16-24)20-37(30(38)21-36-28-12-8-7-11-26(28)32(39)34(36)41)31(23-9-5-4-6-10-23)33(40)35-27-18-17-25(43-2)19-29(27)44-3/h4-19,31H,20-21H2,1-3H3,(H,35,40). The molecular formula is C34H31N3O7. The number of carbonyl (C=O) groups excluding carboxylic acids is 4. The third-order valence-electron chi connectivity index (χ3n) is 7.35. The van der Waals surface area contributed by atoms with Gasteiger partial charge in [0, 0.05) is 12.6 Å². The third kappa shape index (κ3) is 6.10. The number of Topliss-reactive ketones (excluding diaryl/α,β-unsaturated/α-hetero) is 1. The molecule has 224 valence electrons. The Hall–Kier alpha value is -5.64. The molecule has 44 heavy (non-hydrogen) atoms. The number of ketones is 1. The number of nitrogens with zero attached hydrogens (tertiary/aromatic N) is 2. The lowest BCUT2D eigenvalue weighted by atomic mass is 10.0. The van der Waals surface area contributed by atoms with Gasteiger partial charge in [-0.3, -0.25) is 24.1 Å². The molecule has 4 aromatic carbocycles. The van der Waals surface area contributed by atoms with Crippen molar-refractivity contribution in [2.24, 2.45) is 0 Å². The Morgan fingerprint density at radius 2 is 1.45 bits per heavy atom. The summed E-state index contributed by atoms with van der Waals surface area (Å²) in [6.07, 6.45) is 0. The van der Waals surface area contributed by atoms with E-state index in [-0.39, 0.29) is 12.1 Å². The second-order valence-electron chi connectivity index (χ2n) is 9.98. The zero-order valence-corrected chi connectivity index (χ0v) is 24.5. The normalized spacial score (nSPS) is 12.8. The molecule has 0 spiro atoms. The predicted molar refractivity (Wildman–Crippen MR) is 164 cm³/mol. The molecule has 1 aliphatic rings. The van der Waals surface area contributed by atoms with Gasteiger partial charge in [0.05, 0.1) is 38.3 Å². The minimum Gasteiger partial charge on any atom is -0.497 e. The number of fused-ring (bicyclic) bond motifs is 1. The lowest BCUT2D eigenvalue weighted by molar-refractivity contribution is -0.139. The Labute approximate surface area is 254 Å². The van der Waals surface area contributed by atoms with Gasteiger partial charge in [-0.2, -0.15) is 0 Å². The average Bonchev–Trinajstić information content (AvgIpc) is 3.30. The molecular weight excluding hydrogens is 562 g/mol. The minimum absolute atomic E-state index is 0.0210. The predicted octanol–water partition coefficient (Wildman–Crippen LogP) is 4.65. The first-order chi connectivity index (χ1) is 21.3. The number of benzene rings is 4. The highest BCUT2D eigenvalue weighted by Gasteiger charge is 2.39. The van der Waals surface area contributed by atoms with Crippen molar-refractivity contribution in [3.8, 4) is 17.2 Å². The van der Waals surface area contributed by atoms with Crippen LogP contribution in [0.2, 0.25) is 0 Å². The van der Waals surface area contributed by atoms with Crippen LogP contribution in [0.4, 0.5) is 11.4 Å². The smallest absolute Gasteiger partial charge is 0.299 e. The van der Waals surface area contributed by atoms with E-state index in [0.717, 1.165) is 10.5 Å². The molecule has 1 atom stereocenters.